The smallest absolute Gasteiger partial charge is 0.255 e. The number of hydrogen-bond acceptors (Lipinski definition) is 2. The lowest BCUT2D eigenvalue weighted by atomic mass is 9.93. The fourth-order valence-electron chi connectivity index (χ4n) is 1.85. The molecule has 0 atom stereocenters. The molecule has 1 saturated carbocycles. The molecule has 0 unspecified atom stereocenters. The summed E-state index contributed by atoms with van der Waals surface area (Å²) in [7, 11) is 0. The fourth-order valence-corrected chi connectivity index (χ4v) is 2.31. The van der Waals surface area contributed by atoms with Crippen LogP contribution in [-0.4, -0.2) is 18.1 Å². The van der Waals surface area contributed by atoms with Gasteiger partial charge in [-0.15, -0.1) is 0 Å². The second kappa shape index (κ2) is 5.91. The minimum Gasteiger partial charge on any atom is -0.490 e. The van der Waals surface area contributed by atoms with Crippen LogP contribution in [0.2, 0.25) is 0 Å². The summed E-state index contributed by atoms with van der Waals surface area (Å²) < 4.78 is 6.79. The van der Waals surface area contributed by atoms with Crippen LogP contribution in [0.5, 0.6) is 5.75 Å². The Labute approximate surface area is 121 Å². The van der Waals surface area contributed by atoms with E-state index in [1.54, 1.807) is 0 Å². The van der Waals surface area contributed by atoms with E-state index in [2.05, 4.69) is 27.9 Å². The zero-order chi connectivity index (χ0) is 13.1. The molecule has 4 heteroatoms. The molecule has 0 radical (unpaired) electrons. The van der Waals surface area contributed by atoms with E-state index in [9.17, 15) is 4.79 Å². The minimum atomic E-state index is -0.0215. The van der Waals surface area contributed by atoms with Gasteiger partial charge in [0.25, 0.3) is 5.91 Å². The van der Waals surface area contributed by atoms with Crippen molar-refractivity contribution < 1.29 is 9.53 Å². The maximum atomic E-state index is 12.2. The molecular formula is C14H18INO2. The minimum absolute atomic E-state index is 0.0215. The molecule has 1 fully saturated rings. The first kappa shape index (κ1) is 13.6. The molecule has 1 aliphatic rings. The summed E-state index contributed by atoms with van der Waals surface area (Å²) in [6.45, 7) is 3.93. The van der Waals surface area contributed by atoms with Crippen LogP contribution in [0, 0.1) is 3.57 Å². The van der Waals surface area contributed by atoms with Gasteiger partial charge in [0.15, 0.2) is 0 Å². The quantitative estimate of drug-likeness (QED) is 0.838. The Morgan fingerprint density at radius 3 is 2.72 bits per heavy atom. The lowest BCUT2D eigenvalue weighted by molar-refractivity contribution is 0.0911. The number of hydrogen-bond donors (Lipinski definition) is 1. The average molecular weight is 359 g/mol. The van der Waals surface area contributed by atoms with Crippen molar-refractivity contribution in [1.82, 2.24) is 5.32 Å². The van der Waals surface area contributed by atoms with Gasteiger partial charge in [0.1, 0.15) is 5.75 Å². The Hall–Kier alpha value is -0.780. The van der Waals surface area contributed by atoms with Crippen LogP contribution >= 0.6 is 22.6 Å². The van der Waals surface area contributed by atoms with Crippen molar-refractivity contribution in [3.05, 3.63) is 27.3 Å². The molecular weight excluding hydrogens is 341 g/mol. The third-order valence-electron chi connectivity index (χ3n) is 2.99. The van der Waals surface area contributed by atoms with Crippen LogP contribution in [0.1, 0.15) is 43.5 Å². The highest BCUT2D eigenvalue weighted by molar-refractivity contribution is 14.1. The lowest BCUT2D eigenvalue weighted by Crippen LogP contribution is -2.39. The Kier molecular flexibility index (Phi) is 4.48. The number of amides is 1. The summed E-state index contributed by atoms with van der Waals surface area (Å²) in [6, 6.07) is 6.04. The monoisotopic (exact) mass is 359 g/mol. The van der Waals surface area contributed by atoms with Gasteiger partial charge in [-0.3, -0.25) is 4.79 Å². The van der Waals surface area contributed by atoms with E-state index < -0.39 is 0 Å². The van der Waals surface area contributed by atoms with Gasteiger partial charge >= 0.3 is 0 Å². The van der Waals surface area contributed by atoms with E-state index in [-0.39, 0.29) is 12.0 Å². The SMILES string of the molecule is CC(C)Oc1cc(I)ccc1C(=O)NC1CCC1. The van der Waals surface area contributed by atoms with Crippen molar-refractivity contribution in [1.29, 1.82) is 0 Å². The number of carbonyl (C=O) groups is 1. The summed E-state index contributed by atoms with van der Waals surface area (Å²) in [5.74, 6) is 0.653. The largest absolute Gasteiger partial charge is 0.490 e. The Bertz CT molecular complexity index is 441. The van der Waals surface area contributed by atoms with E-state index in [4.69, 9.17) is 4.74 Å². The molecule has 1 aliphatic carbocycles. The number of halogens is 1. The van der Waals surface area contributed by atoms with E-state index in [1.807, 2.05) is 32.0 Å². The zero-order valence-corrected chi connectivity index (χ0v) is 12.9. The predicted molar refractivity (Wildman–Crippen MR) is 80.0 cm³/mol. The molecule has 1 aromatic rings. The van der Waals surface area contributed by atoms with E-state index in [0.717, 1.165) is 16.4 Å². The highest BCUT2D eigenvalue weighted by atomic mass is 127. The van der Waals surface area contributed by atoms with Gasteiger partial charge in [0, 0.05) is 9.61 Å². The molecule has 3 nitrogen and oxygen atoms in total. The highest BCUT2D eigenvalue weighted by Crippen LogP contribution is 2.24. The van der Waals surface area contributed by atoms with Crippen LogP contribution in [0.4, 0.5) is 0 Å². The molecule has 0 heterocycles. The van der Waals surface area contributed by atoms with Crippen LogP contribution < -0.4 is 10.1 Å². The summed E-state index contributed by atoms with van der Waals surface area (Å²) in [5, 5.41) is 3.04. The maximum absolute atomic E-state index is 12.2. The predicted octanol–water partition coefficient (Wildman–Crippen LogP) is 3.36. The number of nitrogens with one attached hydrogen (secondary N) is 1. The second-order valence-corrected chi connectivity index (χ2v) is 6.15. The van der Waals surface area contributed by atoms with Crippen molar-refractivity contribution in [3.8, 4) is 5.75 Å². The molecule has 0 spiro atoms. The number of carbonyl (C=O) groups excluding carboxylic acids is 1. The lowest BCUT2D eigenvalue weighted by Gasteiger charge is -2.26. The molecule has 98 valence electrons. The molecule has 0 aromatic heterocycles. The first-order valence-electron chi connectivity index (χ1n) is 6.33. The summed E-state index contributed by atoms with van der Waals surface area (Å²) in [5.41, 5.74) is 0.635. The topological polar surface area (TPSA) is 38.3 Å². The molecule has 0 aliphatic heterocycles. The number of benzene rings is 1. The van der Waals surface area contributed by atoms with Crippen molar-refractivity contribution in [2.24, 2.45) is 0 Å². The summed E-state index contributed by atoms with van der Waals surface area (Å²) in [4.78, 5) is 12.2. The number of ether oxygens (including phenoxy) is 1. The van der Waals surface area contributed by atoms with Crippen LogP contribution in [-0.2, 0) is 0 Å². The first-order valence-corrected chi connectivity index (χ1v) is 7.41. The van der Waals surface area contributed by atoms with Gasteiger partial charge < -0.3 is 10.1 Å². The van der Waals surface area contributed by atoms with Crippen LogP contribution in [0.15, 0.2) is 18.2 Å². The van der Waals surface area contributed by atoms with Crippen LogP contribution in [0.3, 0.4) is 0 Å². The standard InChI is InChI=1S/C14H18INO2/c1-9(2)18-13-8-10(15)6-7-12(13)14(17)16-11-4-3-5-11/h6-9,11H,3-5H2,1-2H3,(H,16,17). The molecule has 18 heavy (non-hydrogen) atoms. The van der Waals surface area contributed by atoms with Gasteiger partial charge in [-0.2, -0.15) is 0 Å². The van der Waals surface area contributed by atoms with Crippen molar-refractivity contribution in [2.45, 2.75) is 45.3 Å². The van der Waals surface area contributed by atoms with Gasteiger partial charge in [0.05, 0.1) is 11.7 Å². The third-order valence-corrected chi connectivity index (χ3v) is 3.66. The van der Waals surface area contributed by atoms with Crippen molar-refractivity contribution in [3.63, 3.8) is 0 Å². The van der Waals surface area contributed by atoms with E-state index in [0.29, 0.717) is 17.4 Å². The van der Waals surface area contributed by atoms with Gasteiger partial charge in [0.2, 0.25) is 0 Å². The third kappa shape index (κ3) is 3.37. The average Bonchev–Trinajstić information content (AvgIpc) is 2.22. The zero-order valence-electron chi connectivity index (χ0n) is 10.7. The van der Waals surface area contributed by atoms with Crippen molar-refractivity contribution in [2.75, 3.05) is 0 Å². The van der Waals surface area contributed by atoms with Gasteiger partial charge in [-0.25, -0.2) is 0 Å². The second-order valence-electron chi connectivity index (χ2n) is 4.91. The fraction of sp³-hybridized carbons (Fsp3) is 0.500. The number of rotatable bonds is 4. The molecule has 1 N–H and O–H groups in total. The highest BCUT2D eigenvalue weighted by Gasteiger charge is 2.22. The molecule has 1 aromatic carbocycles. The molecule has 0 bridgehead atoms. The molecule has 2 rings (SSSR count). The first-order chi connectivity index (χ1) is 8.56. The summed E-state index contributed by atoms with van der Waals surface area (Å²) in [6.07, 6.45) is 3.47. The maximum Gasteiger partial charge on any atom is 0.255 e. The molecule has 1 amide bonds. The van der Waals surface area contributed by atoms with Gasteiger partial charge in [-0.1, -0.05) is 0 Å². The Morgan fingerprint density at radius 2 is 2.17 bits per heavy atom. The molecule has 0 saturated heterocycles. The normalized spacial score (nSPS) is 15.3. The Balaban J connectivity index is 2.16. The van der Waals surface area contributed by atoms with Crippen LogP contribution in [0.25, 0.3) is 0 Å². The van der Waals surface area contributed by atoms with Crippen molar-refractivity contribution >= 4 is 28.5 Å². The van der Waals surface area contributed by atoms with E-state index >= 15 is 0 Å². The van der Waals surface area contributed by atoms with E-state index in [1.165, 1.54) is 6.42 Å². The Morgan fingerprint density at radius 1 is 1.44 bits per heavy atom. The summed E-state index contributed by atoms with van der Waals surface area (Å²) >= 11 is 2.22. The van der Waals surface area contributed by atoms with Gasteiger partial charge in [-0.05, 0) is 73.9 Å².